The van der Waals surface area contributed by atoms with Crippen LogP contribution in [0.1, 0.15) is 11.7 Å². The Morgan fingerprint density at radius 3 is 2.42 bits per heavy atom. The molecule has 33 heavy (non-hydrogen) atoms. The number of imide groups is 1. The van der Waals surface area contributed by atoms with E-state index in [0.717, 1.165) is 14.9 Å². The molecule has 2 heterocycles. The van der Waals surface area contributed by atoms with Gasteiger partial charge in [0.2, 0.25) is 11.8 Å². The number of carbonyl (C=O) groups is 3. The number of anilines is 1. The third kappa shape index (κ3) is 5.06. The molecule has 174 valence electrons. The van der Waals surface area contributed by atoms with Gasteiger partial charge in [0.25, 0.3) is 0 Å². The number of carbonyl (C=O) groups excluding carboxylic acids is 3. The lowest BCUT2D eigenvalue weighted by Gasteiger charge is -2.50. The molecule has 4 unspecified atom stereocenters. The van der Waals surface area contributed by atoms with Gasteiger partial charge in [0.05, 0.1) is 29.4 Å². The predicted molar refractivity (Wildman–Crippen MR) is 128 cm³/mol. The molecular weight excluding hydrogens is 513 g/mol. The summed E-state index contributed by atoms with van der Waals surface area (Å²) in [6.45, 7) is 0. The van der Waals surface area contributed by atoms with Crippen LogP contribution in [-0.2, 0) is 9.59 Å². The summed E-state index contributed by atoms with van der Waals surface area (Å²) in [7, 11) is 3.08. The Hall–Kier alpha value is -2.47. The Morgan fingerprint density at radius 2 is 1.76 bits per heavy atom. The predicted octanol–water partition coefficient (Wildman–Crippen LogP) is 2.94. The van der Waals surface area contributed by atoms with Gasteiger partial charge < -0.3 is 10.2 Å². The van der Waals surface area contributed by atoms with E-state index in [1.807, 2.05) is 12.1 Å². The minimum Gasteiger partial charge on any atom is -0.325 e. The highest BCUT2D eigenvalue weighted by molar-refractivity contribution is 9.10. The van der Waals surface area contributed by atoms with Gasteiger partial charge in [-0.05, 0) is 42.0 Å². The van der Waals surface area contributed by atoms with Crippen LogP contribution < -0.4 is 16.0 Å². The number of halogens is 2. The fraction of sp³-hybridized carbons (Fsp3) is 0.318. The molecule has 3 N–H and O–H groups in total. The maximum Gasteiger partial charge on any atom is 0.327 e. The molecule has 2 aliphatic rings. The standard InChI is InChI=1S/C22H23BrFN5O3S/c1-28-19-17(21(31)29(2)22(28)32)20(27-18(26-19)12-3-7-14(24)8-4-12)33-11-16(30)25-15-9-5-13(23)6-10-15/h3-10,17-20,26-27H,11H2,1-2H3,(H,25,30). The summed E-state index contributed by atoms with van der Waals surface area (Å²) in [4.78, 5) is 40.7. The summed E-state index contributed by atoms with van der Waals surface area (Å²) in [5.74, 6) is -1.41. The molecule has 0 saturated carbocycles. The van der Waals surface area contributed by atoms with E-state index in [-0.39, 0.29) is 23.4 Å². The Kier molecular flexibility index (Phi) is 7.03. The number of nitrogens with one attached hydrogen (secondary N) is 3. The molecule has 2 aliphatic heterocycles. The zero-order chi connectivity index (χ0) is 23.7. The number of urea groups is 1. The molecule has 11 heteroatoms. The maximum atomic E-state index is 13.4. The average Bonchev–Trinajstić information content (AvgIpc) is 2.81. The van der Waals surface area contributed by atoms with Crippen LogP contribution in [0.5, 0.6) is 0 Å². The lowest BCUT2D eigenvalue weighted by atomic mass is 9.96. The largest absolute Gasteiger partial charge is 0.327 e. The van der Waals surface area contributed by atoms with Crippen LogP contribution in [0.4, 0.5) is 14.9 Å². The molecular formula is C22H23BrFN5O3S. The number of rotatable bonds is 5. The molecule has 2 fully saturated rings. The molecule has 0 aromatic heterocycles. The molecule has 2 aromatic carbocycles. The topological polar surface area (TPSA) is 93.8 Å². The smallest absolute Gasteiger partial charge is 0.325 e. The highest BCUT2D eigenvalue weighted by Gasteiger charge is 2.51. The van der Waals surface area contributed by atoms with Gasteiger partial charge in [-0.15, -0.1) is 11.8 Å². The minimum atomic E-state index is -0.611. The summed E-state index contributed by atoms with van der Waals surface area (Å²) in [5.41, 5.74) is 1.43. The van der Waals surface area contributed by atoms with Crippen molar-refractivity contribution in [2.45, 2.75) is 17.7 Å². The van der Waals surface area contributed by atoms with Crippen LogP contribution in [0.15, 0.2) is 53.0 Å². The van der Waals surface area contributed by atoms with Gasteiger partial charge in [0.15, 0.2) is 0 Å². The molecule has 0 spiro atoms. The first-order chi connectivity index (χ1) is 15.7. The molecule has 0 bridgehead atoms. The zero-order valence-electron chi connectivity index (χ0n) is 17.9. The first-order valence-electron chi connectivity index (χ1n) is 10.2. The van der Waals surface area contributed by atoms with Gasteiger partial charge in [0, 0.05) is 24.3 Å². The normalized spacial score (nSPS) is 25.1. The Morgan fingerprint density at radius 1 is 1.09 bits per heavy atom. The van der Waals surface area contributed by atoms with Gasteiger partial charge in [-0.1, -0.05) is 28.1 Å². The number of fused-ring (bicyclic) bond motifs is 1. The lowest BCUT2D eigenvalue weighted by molar-refractivity contribution is -0.140. The van der Waals surface area contributed by atoms with Gasteiger partial charge in [-0.25, -0.2) is 9.18 Å². The molecule has 2 aromatic rings. The van der Waals surface area contributed by atoms with Crippen LogP contribution >= 0.6 is 27.7 Å². The molecule has 0 aliphatic carbocycles. The number of hydrogen-bond donors (Lipinski definition) is 3. The SMILES string of the molecule is CN1C(=O)C2C(SCC(=O)Nc3ccc(Br)cc3)NC(c3ccc(F)cc3)NC2N(C)C1=O. The molecule has 4 rings (SSSR count). The van der Waals surface area contributed by atoms with E-state index in [4.69, 9.17) is 0 Å². The summed E-state index contributed by atoms with van der Waals surface area (Å²) >= 11 is 4.65. The number of benzene rings is 2. The van der Waals surface area contributed by atoms with Crippen molar-refractivity contribution < 1.29 is 18.8 Å². The van der Waals surface area contributed by atoms with Crippen LogP contribution in [0.2, 0.25) is 0 Å². The van der Waals surface area contributed by atoms with Crippen molar-refractivity contribution in [1.29, 1.82) is 0 Å². The van der Waals surface area contributed by atoms with Gasteiger partial charge in [0.1, 0.15) is 5.82 Å². The van der Waals surface area contributed by atoms with Gasteiger partial charge in [-0.3, -0.25) is 25.1 Å². The maximum absolute atomic E-state index is 13.4. The Bertz CT molecular complexity index is 1060. The lowest BCUT2D eigenvalue weighted by Crippen LogP contribution is -2.72. The Balaban J connectivity index is 1.52. The number of thioether (sulfide) groups is 1. The molecule has 0 radical (unpaired) electrons. The molecule has 2 saturated heterocycles. The zero-order valence-corrected chi connectivity index (χ0v) is 20.3. The van der Waals surface area contributed by atoms with E-state index >= 15 is 0 Å². The molecule has 4 atom stereocenters. The van der Waals surface area contributed by atoms with Crippen molar-refractivity contribution in [3.05, 3.63) is 64.4 Å². The third-order valence-corrected chi connectivity index (χ3v) is 7.43. The van der Waals surface area contributed by atoms with E-state index in [1.165, 1.54) is 35.8 Å². The van der Waals surface area contributed by atoms with E-state index in [0.29, 0.717) is 5.69 Å². The fourth-order valence-corrected chi connectivity index (χ4v) is 5.31. The summed E-state index contributed by atoms with van der Waals surface area (Å²) < 4.78 is 14.3. The van der Waals surface area contributed by atoms with E-state index in [1.54, 1.807) is 31.3 Å². The van der Waals surface area contributed by atoms with Crippen molar-refractivity contribution in [2.75, 3.05) is 25.2 Å². The second-order valence-electron chi connectivity index (χ2n) is 7.87. The fourth-order valence-electron chi connectivity index (χ4n) is 3.94. The van der Waals surface area contributed by atoms with Crippen LogP contribution in [0.25, 0.3) is 0 Å². The summed E-state index contributed by atoms with van der Waals surface area (Å²) in [6.07, 6.45) is -1.02. The highest BCUT2D eigenvalue weighted by atomic mass is 79.9. The van der Waals surface area contributed by atoms with Crippen molar-refractivity contribution in [1.82, 2.24) is 20.4 Å². The molecule has 4 amide bonds. The second kappa shape index (κ2) is 9.80. The number of amides is 4. The van der Waals surface area contributed by atoms with Gasteiger partial charge in [-0.2, -0.15) is 0 Å². The Labute approximate surface area is 203 Å². The van der Waals surface area contributed by atoms with Crippen molar-refractivity contribution in [3.63, 3.8) is 0 Å². The summed E-state index contributed by atoms with van der Waals surface area (Å²) in [5, 5.41) is 9.02. The number of nitrogens with zero attached hydrogens (tertiary/aromatic N) is 2. The van der Waals surface area contributed by atoms with Crippen molar-refractivity contribution >= 4 is 51.2 Å². The highest BCUT2D eigenvalue weighted by Crippen LogP contribution is 2.34. The monoisotopic (exact) mass is 535 g/mol. The number of hydrogen-bond acceptors (Lipinski definition) is 6. The van der Waals surface area contributed by atoms with E-state index in [9.17, 15) is 18.8 Å². The van der Waals surface area contributed by atoms with Crippen molar-refractivity contribution in [2.24, 2.45) is 5.92 Å². The molecule has 8 nitrogen and oxygen atoms in total. The first-order valence-corrected chi connectivity index (χ1v) is 12.1. The van der Waals surface area contributed by atoms with Crippen LogP contribution in [0, 0.1) is 11.7 Å². The van der Waals surface area contributed by atoms with Crippen LogP contribution in [-0.4, -0.2) is 59.0 Å². The quantitative estimate of drug-likeness (QED) is 0.545. The van der Waals surface area contributed by atoms with Gasteiger partial charge >= 0.3 is 6.03 Å². The summed E-state index contributed by atoms with van der Waals surface area (Å²) in [6, 6.07) is 12.8. The first kappa shape index (κ1) is 23.7. The second-order valence-corrected chi connectivity index (χ2v) is 9.91. The van der Waals surface area contributed by atoms with E-state index in [2.05, 4.69) is 31.9 Å². The minimum absolute atomic E-state index is 0.0990. The van der Waals surface area contributed by atoms with E-state index < -0.39 is 29.7 Å². The third-order valence-electron chi connectivity index (χ3n) is 5.68. The average molecular weight is 536 g/mol. The van der Waals surface area contributed by atoms with Crippen molar-refractivity contribution in [3.8, 4) is 0 Å². The van der Waals surface area contributed by atoms with Crippen LogP contribution in [0.3, 0.4) is 0 Å².